The number of nitrogen functional groups attached to an aromatic ring is 1. The average Bonchev–Trinajstić information content (AvgIpc) is 2.90. The van der Waals surface area contributed by atoms with Crippen LogP contribution in [0, 0.1) is 6.92 Å². The normalized spacial score (nSPS) is 11.2. The second-order valence-electron chi connectivity index (χ2n) is 4.18. The van der Waals surface area contributed by atoms with Gasteiger partial charge in [-0.05, 0) is 26.0 Å². The van der Waals surface area contributed by atoms with Gasteiger partial charge in [0.2, 0.25) is 0 Å². The van der Waals surface area contributed by atoms with Crippen LogP contribution in [0.15, 0.2) is 23.6 Å². The highest BCUT2D eigenvalue weighted by atomic mass is 32.1. The molecule has 0 atom stereocenters. The summed E-state index contributed by atoms with van der Waals surface area (Å²) in [5.41, 5.74) is 9.83. The summed E-state index contributed by atoms with van der Waals surface area (Å²) in [5.74, 6) is 1.04. The molecule has 3 aromatic rings. The van der Waals surface area contributed by atoms with E-state index in [1.165, 1.54) is 16.9 Å². The van der Waals surface area contributed by atoms with E-state index in [2.05, 4.69) is 39.7 Å². The average molecular weight is 258 g/mol. The van der Waals surface area contributed by atoms with E-state index in [4.69, 9.17) is 5.73 Å². The molecule has 0 fully saturated rings. The maximum atomic E-state index is 5.67. The standard InChI is InChI=1S/C13H14N4S/c1-3-17-8(2)15-10-6-9(4-5-12(10)17)11-7-18-13(14)16-11/h4-7H,3H2,1-2H3,(H2,14,16). The van der Waals surface area contributed by atoms with Crippen molar-refractivity contribution < 1.29 is 0 Å². The van der Waals surface area contributed by atoms with E-state index in [9.17, 15) is 0 Å². The van der Waals surface area contributed by atoms with Gasteiger partial charge in [-0.15, -0.1) is 11.3 Å². The maximum Gasteiger partial charge on any atom is 0.180 e. The third-order valence-electron chi connectivity index (χ3n) is 3.07. The van der Waals surface area contributed by atoms with E-state index in [1.54, 1.807) is 0 Å². The zero-order valence-corrected chi connectivity index (χ0v) is 11.2. The molecule has 0 unspecified atom stereocenters. The molecular formula is C13H14N4S. The summed E-state index contributed by atoms with van der Waals surface area (Å²) >= 11 is 1.46. The van der Waals surface area contributed by atoms with Gasteiger partial charge in [0.15, 0.2) is 5.13 Å². The number of aromatic nitrogens is 3. The van der Waals surface area contributed by atoms with Gasteiger partial charge in [-0.2, -0.15) is 0 Å². The second-order valence-corrected chi connectivity index (χ2v) is 5.07. The van der Waals surface area contributed by atoms with Crippen LogP contribution in [0.3, 0.4) is 0 Å². The first-order valence-electron chi connectivity index (χ1n) is 5.87. The van der Waals surface area contributed by atoms with E-state index in [1.807, 2.05) is 12.3 Å². The lowest BCUT2D eigenvalue weighted by Crippen LogP contribution is -1.95. The summed E-state index contributed by atoms with van der Waals surface area (Å²) in [5, 5.41) is 2.57. The largest absolute Gasteiger partial charge is 0.375 e. The number of imidazole rings is 1. The fourth-order valence-electron chi connectivity index (χ4n) is 2.23. The minimum atomic E-state index is 0.598. The Morgan fingerprint density at radius 2 is 2.17 bits per heavy atom. The third-order valence-corrected chi connectivity index (χ3v) is 3.75. The van der Waals surface area contributed by atoms with Crippen molar-refractivity contribution in [2.45, 2.75) is 20.4 Å². The third kappa shape index (κ3) is 1.67. The fourth-order valence-corrected chi connectivity index (χ4v) is 2.80. The first-order valence-corrected chi connectivity index (χ1v) is 6.75. The van der Waals surface area contributed by atoms with Crippen LogP contribution in [0.2, 0.25) is 0 Å². The number of benzene rings is 1. The highest BCUT2D eigenvalue weighted by Gasteiger charge is 2.08. The molecular weight excluding hydrogens is 244 g/mol. The Labute approximate surface area is 109 Å². The molecule has 2 aromatic heterocycles. The number of aryl methyl sites for hydroxylation is 2. The first-order chi connectivity index (χ1) is 8.69. The topological polar surface area (TPSA) is 56.7 Å². The molecule has 5 heteroatoms. The number of thiazole rings is 1. The molecule has 3 rings (SSSR count). The summed E-state index contributed by atoms with van der Waals surface area (Å²) in [6.07, 6.45) is 0. The van der Waals surface area contributed by atoms with Gasteiger partial charge in [0.1, 0.15) is 5.82 Å². The molecule has 92 valence electrons. The van der Waals surface area contributed by atoms with Crippen LogP contribution in [-0.4, -0.2) is 14.5 Å². The lowest BCUT2D eigenvalue weighted by molar-refractivity contribution is 0.753. The van der Waals surface area contributed by atoms with Crippen molar-refractivity contribution in [1.29, 1.82) is 0 Å². The molecule has 0 aliphatic carbocycles. The highest BCUT2D eigenvalue weighted by molar-refractivity contribution is 7.13. The number of hydrogen-bond acceptors (Lipinski definition) is 4. The predicted molar refractivity (Wildman–Crippen MR) is 75.7 cm³/mol. The van der Waals surface area contributed by atoms with E-state index in [0.29, 0.717) is 5.13 Å². The molecule has 0 bridgehead atoms. The van der Waals surface area contributed by atoms with E-state index in [-0.39, 0.29) is 0 Å². The quantitative estimate of drug-likeness (QED) is 0.768. The van der Waals surface area contributed by atoms with Gasteiger partial charge in [-0.3, -0.25) is 0 Å². The van der Waals surface area contributed by atoms with Crippen molar-refractivity contribution in [2.75, 3.05) is 5.73 Å². The Morgan fingerprint density at radius 3 is 2.83 bits per heavy atom. The molecule has 0 aliphatic rings. The van der Waals surface area contributed by atoms with Gasteiger partial charge >= 0.3 is 0 Å². The first kappa shape index (κ1) is 11.2. The van der Waals surface area contributed by atoms with Crippen molar-refractivity contribution in [2.24, 2.45) is 0 Å². The monoisotopic (exact) mass is 258 g/mol. The van der Waals surface area contributed by atoms with Crippen LogP contribution in [0.25, 0.3) is 22.3 Å². The lowest BCUT2D eigenvalue weighted by Gasteiger charge is -2.02. The minimum absolute atomic E-state index is 0.598. The minimum Gasteiger partial charge on any atom is -0.375 e. The van der Waals surface area contributed by atoms with Crippen LogP contribution in [0.5, 0.6) is 0 Å². The van der Waals surface area contributed by atoms with Gasteiger partial charge < -0.3 is 10.3 Å². The summed E-state index contributed by atoms with van der Waals surface area (Å²) in [6, 6.07) is 6.25. The fraction of sp³-hybridized carbons (Fsp3) is 0.231. The van der Waals surface area contributed by atoms with Gasteiger partial charge in [0, 0.05) is 17.5 Å². The Bertz CT molecular complexity index is 711. The van der Waals surface area contributed by atoms with Crippen molar-refractivity contribution in [3.05, 3.63) is 29.4 Å². The van der Waals surface area contributed by atoms with E-state index in [0.717, 1.165) is 29.1 Å². The molecule has 0 aliphatic heterocycles. The summed E-state index contributed by atoms with van der Waals surface area (Å²) in [6.45, 7) is 5.10. The molecule has 0 spiro atoms. The van der Waals surface area contributed by atoms with Crippen molar-refractivity contribution in [3.8, 4) is 11.3 Å². The molecule has 1 aromatic carbocycles. The number of hydrogen-bond donors (Lipinski definition) is 1. The maximum absolute atomic E-state index is 5.67. The van der Waals surface area contributed by atoms with Crippen LogP contribution >= 0.6 is 11.3 Å². The number of anilines is 1. The van der Waals surface area contributed by atoms with Crippen molar-refractivity contribution in [3.63, 3.8) is 0 Å². The molecule has 4 nitrogen and oxygen atoms in total. The number of fused-ring (bicyclic) bond motifs is 1. The molecule has 0 amide bonds. The zero-order chi connectivity index (χ0) is 12.7. The van der Waals surface area contributed by atoms with E-state index < -0.39 is 0 Å². The van der Waals surface area contributed by atoms with Crippen LogP contribution in [-0.2, 0) is 6.54 Å². The van der Waals surface area contributed by atoms with E-state index >= 15 is 0 Å². The van der Waals surface area contributed by atoms with Crippen molar-refractivity contribution in [1.82, 2.24) is 14.5 Å². The molecule has 2 N–H and O–H groups in total. The van der Waals surface area contributed by atoms with Crippen LogP contribution in [0.1, 0.15) is 12.7 Å². The summed E-state index contributed by atoms with van der Waals surface area (Å²) < 4.78 is 2.20. The smallest absolute Gasteiger partial charge is 0.180 e. The SMILES string of the molecule is CCn1c(C)nc2cc(-c3csc(N)n3)ccc21. The Hall–Kier alpha value is -1.88. The zero-order valence-electron chi connectivity index (χ0n) is 10.3. The molecule has 2 heterocycles. The molecule has 0 saturated carbocycles. The number of nitrogens with two attached hydrogens (primary N) is 1. The Balaban J connectivity index is 2.17. The number of nitrogens with zero attached hydrogens (tertiary/aromatic N) is 3. The predicted octanol–water partition coefficient (Wildman–Crippen LogP) is 3.07. The second kappa shape index (κ2) is 4.10. The van der Waals surface area contributed by atoms with Crippen LogP contribution < -0.4 is 5.73 Å². The molecule has 0 saturated heterocycles. The number of rotatable bonds is 2. The Kier molecular flexibility index (Phi) is 2.56. The van der Waals surface area contributed by atoms with Gasteiger partial charge in [-0.25, -0.2) is 9.97 Å². The Morgan fingerprint density at radius 1 is 1.33 bits per heavy atom. The van der Waals surface area contributed by atoms with Gasteiger partial charge in [0.25, 0.3) is 0 Å². The molecule has 18 heavy (non-hydrogen) atoms. The summed E-state index contributed by atoms with van der Waals surface area (Å²) in [7, 11) is 0. The highest BCUT2D eigenvalue weighted by Crippen LogP contribution is 2.26. The summed E-state index contributed by atoms with van der Waals surface area (Å²) in [4.78, 5) is 8.88. The molecule has 0 radical (unpaired) electrons. The van der Waals surface area contributed by atoms with Crippen LogP contribution in [0.4, 0.5) is 5.13 Å². The van der Waals surface area contributed by atoms with Gasteiger partial charge in [-0.1, -0.05) is 6.07 Å². The van der Waals surface area contributed by atoms with Gasteiger partial charge in [0.05, 0.1) is 16.7 Å². The lowest BCUT2D eigenvalue weighted by atomic mass is 10.1. The van der Waals surface area contributed by atoms with Crippen molar-refractivity contribution >= 4 is 27.5 Å².